The Hall–Kier alpha value is -3.66. The van der Waals surface area contributed by atoms with E-state index in [1.807, 2.05) is 28.9 Å². The number of pyridine rings is 1. The molecule has 0 unspecified atom stereocenters. The summed E-state index contributed by atoms with van der Waals surface area (Å²) in [5.41, 5.74) is 4.52. The third-order valence-corrected chi connectivity index (χ3v) is 4.16. The molecule has 0 bridgehead atoms. The molecule has 0 atom stereocenters. The standard InChI is InChI=1S/C19H15N5O2/c1-12(25)22-15-3-2-14-10-24-16(11-26-19(14)6-15)7-18(23-24)17-9-21-5-4-13(17)8-20/h2-7,9H,10-11H2,1H3,(H,22,25). The second-order valence-corrected chi connectivity index (χ2v) is 6.00. The average Bonchev–Trinajstić information content (AvgIpc) is 2.96. The zero-order valence-electron chi connectivity index (χ0n) is 14.1. The molecule has 1 amide bonds. The first-order chi connectivity index (χ1) is 12.6. The highest BCUT2D eigenvalue weighted by atomic mass is 16.5. The smallest absolute Gasteiger partial charge is 0.221 e. The molecule has 128 valence electrons. The molecular formula is C19H15N5O2. The summed E-state index contributed by atoms with van der Waals surface area (Å²) in [4.78, 5) is 15.3. The highest BCUT2D eigenvalue weighted by Crippen LogP contribution is 2.30. The van der Waals surface area contributed by atoms with E-state index in [1.165, 1.54) is 6.92 Å². The summed E-state index contributed by atoms with van der Waals surface area (Å²) in [5.74, 6) is 0.600. The van der Waals surface area contributed by atoms with E-state index in [0.29, 0.717) is 35.7 Å². The van der Waals surface area contributed by atoms with Crippen LogP contribution in [0.5, 0.6) is 5.75 Å². The summed E-state index contributed by atoms with van der Waals surface area (Å²) in [6.45, 7) is 2.37. The van der Waals surface area contributed by atoms with Crippen molar-refractivity contribution in [2.75, 3.05) is 5.32 Å². The Balaban J connectivity index is 1.68. The summed E-state index contributed by atoms with van der Waals surface area (Å²) < 4.78 is 7.78. The van der Waals surface area contributed by atoms with E-state index in [2.05, 4.69) is 21.5 Å². The number of hydrogen-bond donors (Lipinski definition) is 1. The van der Waals surface area contributed by atoms with Crippen molar-refractivity contribution < 1.29 is 9.53 Å². The lowest BCUT2D eigenvalue weighted by Crippen LogP contribution is -2.06. The van der Waals surface area contributed by atoms with E-state index >= 15 is 0 Å². The normalized spacial score (nSPS) is 12.2. The van der Waals surface area contributed by atoms with E-state index in [4.69, 9.17) is 4.74 Å². The number of anilines is 1. The van der Waals surface area contributed by atoms with Crippen molar-refractivity contribution in [2.24, 2.45) is 0 Å². The summed E-state index contributed by atoms with van der Waals surface area (Å²) in [7, 11) is 0. The second-order valence-electron chi connectivity index (χ2n) is 6.00. The third kappa shape index (κ3) is 2.89. The number of nitrogens with zero attached hydrogens (tertiary/aromatic N) is 4. The van der Waals surface area contributed by atoms with Gasteiger partial charge in [-0.2, -0.15) is 10.4 Å². The van der Waals surface area contributed by atoms with Crippen molar-refractivity contribution in [1.82, 2.24) is 14.8 Å². The maximum atomic E-state index is 11.2. The second kappa shape index (κ2) is 6.33. The van der Waals surface area contributed by atoms with E-state index in [-0.39, 0.29) is 5.91 Å². The van der Waals surface area contributed by atoms with Crippen molar-refractivity contribution >= 4 is 11.6 Å². The lowest BCUT2D eigenvalue weighted by Gasteiger charge is -2.09. The van der Waals surface area contributed by atoms with Crippen LogP contribution in [0.4, 0.5) is 5.69 Å². The molecule has 7 nitrogen and oxygen atoms in total. The van der Waals surface area contributed by atoms with Gasteiger partial charge in [-0.3, -0.25) is 14.5 Å². The molecule has 2 aromatic heterocycles. The fraction of sp³-hybridized carbons (Fsp3) is 0.158. The van der Waals surface area contributed by atoms with Crippen LogP contribution in [0.1, 0.15) is 23.7 Å². The summed E-state index contributed by atoms with van der Waals surface area (Å²) in [6.07, 6.45) is 3.24. The molecule has 26 heavy (non-hydrogen) atoms. The number of ether oxygens (including phenoxy) is 1. The van der Waals surface area contributed by atoms with E-state index in [1.54, 1.807) is 18.5 Å². The molecule has 1 N–H and O–H groups in total. The van der Waals surface area contributed by atoms with Crippen LogP contribution in [0.15, 0.2) is 42.7 Å². The summed E-state index contributed by atoms with van der Waals surface area (Å²) in [5, 5.41) is 16.7. The highest BCUT2D eigenvalue weighted by molar-refractivity contribution is 5.88. The minimum atomic E-state index is -0.124. The van der Waals surface area contributed by atoms with E-state index < -0.39 is 0 Å². The molecule has 3 heterocycles. The molecule has 0 aliphatic carbocycles. The largest absolute Gasteiger partial charge is 0.487 e. The summed E-state index contributed by atoms with van der Waals surface area (Å²) >= 11 is 0. The molecule has 0 radical (unpaired) electrons. The van der Waals surface area contributed by atoms with E-state index in [9.17, 15) is 10.1 Å². The average molecular weight is 345 g/mol. The lowest BCUT2D eigenvalue weighted by atomic mass is 10.1. The molecule has 4 rings (SSSR count). The van der Waals surface area contributed by atoms with Crippen LogP contribution >= 0.6 is 0 Å². The molecule has 7 heteroatoms. The Kier molecular flexibility index (Phi) is 3.86. The van der Waals surface area contributed by atoms with Crippen LogP contribution in [0.3, 0.4) is 0 Å². The van der Waals surface area contributed by atoms with Gasteiger partial charge in [0.05, 0.1) is 29.6 Å². The van der Waals surface area contributed by atoms with Gasteiger partial charge < -0.3 is 10.1 Å². The van der Waals surface area contributed by atoms with Crippen LogP contribution in [0.2, 0.25) is 0 Å². The van der Waals surface area contributed by atoms with Gasteiger partial charge in [0.1, 0.15) is 12.4 Å². The number of benzene rings is 1. The van der Waals surface area contributed by atoms with Crippen molar-refractivity contribution in [3.63, 3.8) is 0 Å². The molecule has 1 aliphatic rings. The Labute approximate surface area is 149 Å². The third-order valence-electron chi connectivity index (χ3n) is 4.16. The predicted molar refractivity (Wildman–Crippen MR) is 94.4 cm³/mol. The Morgan fingerprint density at radius 2 is 2.23 bits per heavy atom. The number of fused-ring (bicyclic) bond motifs is 2. The van der Waals surface area contributed by atoms with Crippen LogP contribution in [0.25, 0.3) is 11.3 Å². The number of nitrogens with one attached hydrogen (secondary N) is 1. The zero-order chi connectivity index (χ0) is 18.1. The zero-order valence-corrected chi connectivity index (χ0v) is 14.1. The van der Waals surface area contributed by atoms with Crippen molar-refractivity contribution in [2.45, 2.75) is 20.1 Å². The first kappa shape index (κ1) is 15.8. The highest BCUT2D eigenvalue weighted by Gasteiger charge is 2.19. The Bertz CT molecular complexity index is 1050. The molecule has 0 fully saturated rings. The van der Waals surface area contributed by atoms with Crippen LogP contribution in [-0.4, -0.2) is 20.7 Å². The monoisotopic (exact) mass is 345 g/mol. The van der Waals surface area contributed by atoms with Crippen molar-refractivity contribution in [3.8, 4) is 23.1 Å². The van der Waals surface area contributed by atoms with Gasteiger partial charge in [0.15, 0.2) is 0 Å². The van der Waals surface area contributed by atoms with Gasteiger partial charge in [0.25, 0.3) is 0 Å². The van der Waals surface area contributed by atoms with Gasteiger partial charge >= 0.3 is 0 Å². The number of aromatic nitrogens is 3. The van der Waals surface area contributed by atoms with Gasteiger partial charge in [-0.1, -0.05) is 6.07 Å². The van der Waals surface area contributed by atoms with Gasteiger partial charge in [-0.05, 0) is 18.2 Å². The number of carbonyl (C=O) groups is 1. The molecule has 0 saturated heterocycles. The molecule has 0 saturated carbocycles. The minimum absolute atomic E-state index is 0.124. The van der Waals surface area contributed by atoms with Crippen LogP contribution < -0.4 is 10.1 Å². The molecule has 1 aliphatic heterocycles. The number of carbonyl (C=O) groups excluding carboxylic acids is 1. The fourth-order valence-corrected chi connectivity index (χ4v) is 2.95. The number of nitriles is 1. The number of amides is 1. The topological polar surface area (TPSA) is 92.8 Å². The first-order valence-electron chi connectivity index (χ1n) is 8.08. The minimum Gasteiger partial charge on any atom is -0.487 e. The molecule has 1 aromatic carbocycles. The van der Waals surface area contributed by atoms with E-state index in [0.717, 1.165) is 17.0 Å². The Morgan fingerprint density at radius 1 is 1.35 bits per heavy atom. The Morgan fingerprint density at radius 3 is 3.04 bits per heavy atom. The van der Waals surface area contributed by atoms with Crippen molar-refractivity contribution in [1.29, 1.82) is 5.26 Å². The number of hydrogen-bond acceptors (Lipinski definition) is 5. The lowest BCUT2D eigenvalue weighted by molar-refractivity contribution is -0.114. The first-order valence-corrected chi connectivity index (χ1v) is 8.08. The number of rotatable bonds is 2. The SMILES string of the molecule is CC(=O)Nc1ccc2c(c1)OCc1cc(-c3cnccc3C#N)nn1C2. The van der Waals surface area contributed by atoms with Gasteiger partial charge in [-0.15, -0.1) is 0 Å². The molecule has 3 aromatic rings. The maximum Gasteiger partial charge on any atom is 0.221 e. The van der Waals surface area contributed by atoms with Gasteiger partial charge in [-0.25, -0.2) is 0 Å². The predicted octanol–water partition coefficient (Wildman–Crippen LogP) is 2.72. The molecule has 0 spiro atoms. The molecular weight excluding hydrogens is 330 g/mol. The van der Waals surface area contributed by atoms with Crippen molar-refractivity contribution in [3.05, 3.63) is 59.5 Å². The van der Waals surface area contributed by atoms with Gasteiger partial charge in [0, 0.05) is 42.2 Å². The summed E-state index contributed by atoms with van der Waals surface area (Å²) in [6, 6.07) is 11.3. The van der Waals surface area contributed by atoms with Gasteiger partial charge in [0.2, 0.25) is 5.91 Å². The van der Waals surface area contributed by atoms with Crippen LogP contribution in [0, 0.1) is 11.3 Å². The van der Waals surface area contributed by atoms with Crippen LogP contribution in [-0.2, 0) is 17.9 Å². The quantitative estimate of drug-likeness (QED) is 0.771. The fourth-order valence-electron chi connectivity index (χ4n) is 2.95. The maximum absolute atomic E-state index is 11.2.